The van der Waals surface area contributed by atoms with Gasteiger partial charge in [-0.1, -0.05) is 36.4 Å². The van der Waals surface area contributed by atoms with Crippen LogP contribution in [0.2, 0.25) is 0 Å². The Kier molecular flexibility index (Phi) is 9.07. The van der Waals surface area contributed by atoms with Crippen molar-refractivity contribution in [1.82, 2.24) is 9.97 Å². The summed E-state index contributed by atoms with van der Waals surface area (Å²) in [6.45, 7) is 0. The van der Waals surface area contributed by atoms with Crippen molar-refractivity contribution in [2.24, 2.45) is 0 Å². The first-order valence-corrected chi connectivity index (χ1v) is 7.09. The van der Waals surface area contributed by atoms with Crippen LogP contribution in [0.25, 0.3) is 11.4 Å². The number of allylic oxidation sites excluding steroid dienone is 4. The Balaban J connectivity index is 0.000000216. The summed E-state index contributed by atoms with van der Waals surface area (Å²) in [6.07, 6.45) is 17.5. The summed E-state index contributed by atoms with van der Waals surface area (Å²) in [5.74, 6) is 0. The number of hydrogen-bond acceptors (Lipinski definition) is 2. The van der Waals surface area contributed by atoms with Gasteiger partial charge in [0.05, 0.1) is 11.4 Å². The minimum atomic E-state index is 0. The van der Waals surface area contributed by atoms with Gasteiger partial charge in [-0.25, -0.2) is 0 Å². The molecule has 0 N–H and O–H groups in total. The first-order valence-electron chi connectivity index (χ1n) is 7.09. The molecule has 112 valence electrons. The molecule has 0 saturated carbocycles. The molecule has 0 fully saturated rings. The number of pyridine rings is 2. The van der Waals surface area contributed by atoms with Gasteiger partial charge < -0.3 is 0 Å². The van der Waals surface area contributed by atoms with Crippen molar-refractivity contribution in [1.29, 1.82) is 0 Å². The summed E-state index contributed by atoms with van der Waals surface area (Å²) in [7, 11) is 0. The predicted octanol–water partition coefficient (Wildman–Crippen LogP) is 4.81. The number of aromatic nitrogens is 2. The van der Waals surface area contributed by atoms with Crippen LogP contribution in [0, 0.1) is 0 Å². The van der Waals surface area contributed by atoms with Crippen molar-refractivity contribution in [2.45, 2.75) is 25.7 Å². The van der Waals surface area contributed by atoms with Gasteiger partial charge in [0, 0.05) is 28.9 Å². The topological polar surface area (TPSA) is 25.8 Å². The van der Waals surface area contributed by atoms with Crippen molar-refractivity contribution in [2.75, 3.05) is 0 Å². The van der Waals surface area contributed by atoms with Crippen LogP contribution in [-0.2, 0) is 16.5 Å². The van der Waals surface area contributed by atoms with E-state index in [0.29, 0.717) is 0 Å². The number of rotatable bonds is 1. The Morgan fingerprint density at radius 2 is 0.952 bits per heavy atom. The average Bonchev–Trinajstić information content (AvgIpc) is 2.49. The summed E-state index contributed by atoms with van der Waals surface area (Å²) in [5, 5.41) is 0. The van der Waals surface area contributed by atoms with Crippen molar-refractivity contribution in [3.8, 4) is 11.4 Å². The maximum absolute atomic E-state index is 4.19. The van der Waals surface area contributed by atoms with Crippen LogP contribution >= 0.6 is 0 Å². The molecule has 21 heavy (non-hydrogen) atoms. The minimum absolute atomic E-state index is 0. The molecule has 0 bridgehead atoms. The SMILES string of the molecule is C1=CCCC=CCC1.[Ni].c1ccc(-c2ccccn2)nc1. The van der Waals surface area contributed by atoms with Crippen molar-refractivity contribution in [3.05, 3.63) is 73.1 Å². The summed E-state index contributed by atoms with van der Waals surface area (Å²) in [5.41, 5.74) is 1.83. The van der Waals surface area contributed by atoms with Gasteiger partial charge >= 0.3 is 0 Å². The Morgan fingerprint density at radius 1 is 0.571 bits per heavy atom. The maximum atomic E-state index is 4.19. The van der Waals surface area contributed by atoms with Gasteiger partial charge in [0.25, 0.3) is 0 Å². The van der Waals surface area contributed by atoms with E-state index in [1.54, 1.807) is 12.4 Å². The second-order valence-corrected chi connectivity index (χ2v) is 4.53. The molecule has 0 radical (unpaired) electrons. The quantitative estimate of drug-likeness (QED) is 0.556. The van der Waals surface area contributed by atoms with Crippen LogP contribution in [0.1, 0.15) is 25.7 Å². The fraction of sp³-hybridized carbons (Fsp3) is 0.222. The van der Waals surface area contributed by atoms with Crippen molar-refractivity contribution >= 4 is 0 Å². The van der Waals surface area contributed by atoms with E-state index in [-0.39, 0.29) is 16.5 Å². The van der Waals surface area contributed by atoms with E-state index in [0.717, 1.165) is 11.4 Å². The summed E-state index contributed by atoms with van der Waals surface area (Å²) >= 11 is 0. The smallest absolute Gasteiger partial charge is 0.0886 e. The summed E-state index contributed by atoms with van der Waals surface area (Å²) < 4.78 is 0. The van der Waals surface area contributed by atoms with Gasteiger partial charge in [-0.15, -0.1) is 0 Å². The molecule has 2 aromatic rings. The number of hydrogen-bond donors (Lipinski definition) is 0. The molecule has 0 unspecified atom stereocenters. The van der Waals surface area contributed by atoms with Gasteiger partial charge in [-0.3, -0.25) is 9.97 Å². The van der Waals surface area contributed by atoms with Crippen molar-refractivity contribution < 1.29 is 16.5 Å². The average molecular weight is 323 g/mol. The van der Waals surface area contributed by atoms with Crippen LogP contribution in [0.5, 0.6) is 0 Å². The van der Waals surface area contributed by atoms with E-state index in [9.17, 15) is 0 Å². The van der Waals surface area contributed by atoms with E-state index in [2.05, 4.69) is 34.3 Å². The molecule has 0 aliphatic heterocycles. The molecule has 1 aliphatic carbocycles. The zero-order valence-corrected chi connectivity index (χ0v) is 13.0. The van der Waals surface area contributed by atoms with Crippen LogP contribution < -0.4 is 0 Å². The Hall–Kier alpha value is -1.73. The standard InChI is InChI=1S/C10H8N2.C8H12.Ni/c1-3-7-11-9(5-1)10-6-2-4-8-12-10;1-2-4-6-8-7-5-3-1;/h1-8H;1-2,7-8H,3-6H2;. The normalized spacial score (nSPS) is 13.1. The van der Waals surface area contributed by atoms with E-state index >= 15 is 0 Å². The molecule has 2 nitrogen and oxygen atoms in total. The third-order valence-corrected chi connectivity index (χ3v) is 2.93. The van der Waals surface area contributed by atoms with E-state index in [4.69, 9.17) is 0 Å². The van der Waals surface area contributed by atoms with Gasteiger partial charge in [0.2, 0.25) is 0 Å². The number of nitrogens with zero attached hydrogens (tertiary/aromatic N) is 2. The molecule has 0 spiro atoms. The first kappa shape index (κ1) is 17.3. The third-order valence-electron chi connectivity index (χ3n) is 2.93. The van der Waals surface area contributed by atoms with Gasteiger partial charge in [0.1, 0.15) is 0 Å². The molecule has 2 heterocycles. The molecule has 1 aliphatic rings. The Bertz CT molecular complexity index is 472. The van der Waals surface area contributed by atoms with E-state index < -0.39 is 0 Å². The molecular weight excluding hydrogens is 303 g/mol. The molecule has 0 saturated heterocycles. The van der Waals surface area contributed by atoms with Crippen molar-refractivity contribution in [3.63, 3.8) is 0 Å². The Labute approximate surface area is 137 Å². The molecule has 3 rings (SSSR count). The minimum Gasteiger partial charge on any atom is -0.255 e. The second kappa shape index (κ2) is 11.0. The van der Waals surface area contributed by atoms with Crippen LogP contribution in [0.4, 0.5) is 0 Å². The zero-order valence-electron chi connectivity index (χ0n) is 12.0. The van der Waals surface area contributed by atoms with E-state index in [1.165, 1.54) is 25.7 Å². The Morgan fingerprint density at radius 3 is 1.24 bits per heavy atom. The second-order valence-electron chi connectivity index (χ2n) is 4.53. The van der Waals surface area contributed by atoms with E-state index in [1.807, 2.05) is 36.4 Å². The monoisotopic (exact) mass is 322 g/mol. The fourth-order valence-electron chi connectivity index (χ4n) is 1.88. The molecule has 0 atom stereocenters. The van der Waals surface area contributed by atoms with Crippen LogP contribution in [-0.4, -0.2) is 9.97 Å². The maximum Gasteiger partial charge on any atom is 0.0886 e. The molecule has 0 amide bonds. The molecule has 3 heteroatoms. The van der Waals surface area contributed by atoms with Gasteiger partial charge in [-0.2, -0.15) is 0 Å². The molecule has 2 aromatic heterocycles. The third kappa shape index (κ3) is 7.01. The van der Waals surface area contributed by atoms with Crippen LogP contribution in [0.3, 0.4) is 0 Å². The van der Waals surface area contributed by atoms with Gasteiger partial charge in [-0.05, 0) is 49.9 Å². The summed E-state index contributed by atoms with van der Waals surface area (Å²) in [6, 6.07) is 11.6. The van der Waals surface area contributed by atoms with Crippen LogP contribution in [0.15, 0.2) is 73.1 Å². The summed E-state index contributed by atoms with van der Waals surface area (Å²) in [4.78, 5) is 8.37. The zero-order chi connectivity index (χ0) is 13.9. The fourth-order valence-corrected chi connectivity index (χ4v) is 1.88. The largest absolute Gasteiger partial charge is 0.255 e. The first-order chi connectivity index (χ1) is 9.97. The predicted molar refractivity (Wildman–Crippen MR) is 84.2 cm³/mol. The molecule has 0 aromatic carbocycles. The molecular formula is C18H20N2Ni. The van der Waals surface area contributed by atoms with Gasteiger partial charge in [0.15, 0.2) is 0 Å².